The van der Waals surface area contributed by atoms with Crippen molar-refractivity contribution in [1.82, 2.24) is 8.61 Å². The van der Waals surface area contributed by atoms with Crippen LogP contribution < -0.4 is 0 Å². The molecule has 2 aromatic rings. The van der Waals surface area contributed by atoms with Gasteiger partial charge in [-0.3, -0.25) is 0 Å². The highest BCUT2D eigenvalue weighted by Crippen LogP contribution is 2.27. The Morgan fingerprint density at radius 2 is 1.39 bits per heavy atom. The minimum absolute atomic E-state index is 0.0259. The molecule has 1 saturated heterocycles. The number of benzene rings is 2. The molecule has 1 heterocycles. The van der Waals surface area contributed by atoms with Gasteiger partial charge in [0, 0.05) is 25.7 Å². The van der Waals surface area contributed by atoms with Crippen LogP contribution in [-0.2, 0) is 32.0 Å². The van der Waals surface area contributed by atoms with E-state index in [0.717, 1.165) is 18.4 Å². The second kappa shape index (κ2) is 9.86. The van der Waals surface area contributed by atoms with Crippen molar-refractivity contribution >= 4 is 20.0 Å². The van der Waals surface area contributed by atoms with Crippen molar-refractivity contribution in [1.29, 1.82) is 0 Å². The summed E-state index contributed by atoms with van der Waals surface area (Å²) in [5.41, 5.74) is 2.14. The van der Waals surface area contributed by atoms with Crippen molar-refractivity contribution in [3.63, 3.8) is 0 Å². The second-order valence-electron chi connectivity index (χ2n) is 9.84. The molecule has 8 heteroatoms. The first kappa shape index (κ1) is 25.9. The molecule has 0 aromatic heterocycles. The van der Waals surface area contributed by atoms with E-state index >= 15 is 0 Å². The van der Waals surface area contributed by atoms with Gasteiger partial charge in [-0.1, -0.05) is 52.0 Å². The zero-order chi connectivity index (χ0) is 24.4. The molecule has 0 unspecified atom stereocenters. The topological polar surface area (TPSA) is 74.8 Å². The molecule has 1 atom stereocenters. The zero-order valence-electron chi connectivity index (χ0n) is 20.3. The van der Waals surface area contributed by atoms with E-state index in [-0.39, 0.29) is 27.8 Å². The van der Waals surface area contributed by atoms with Crippen LogP contribution in [0.25, 0.3) is 0 Å². The monoisotopic (exact) mass is 492 g/mol. The first-order chi connectivity index (χ1) is 15.4. The van der Waals surface area contributed by atoms with Crippen molar-refractivity contribution in [2.45, 2.75) is 81.7 Å². The van der Waals surface area contributed by atoms with Gasteiger partial charge in [-0.15, -0.1) is 0 Å². The van der Waals surface area contributed by atoms with Gasteiger partial charge in [-0.25, -0.2) is 16.8 Å². The molecule has 0 bridgehead atoms. The highest BCUT2D eigenvalue weighted by atomic mass is 32.2. The molecule has 3 rings (SSSR count). The summed E-state index contributed by atoms with van der Waals surface area (Å²) in [4.78, 5) is 0.241. The van der Waals surface area contributed by atoms with Gasteiger partial charge in [-0.05, 0) is 67.0 Å². The van der Waals surface area contributed by atoms with Crippen LogP contribution >= 0.6 is 0 Å². The third-order valence-electron chi connectivity index (χ3n) is 6.37. The number of hydrogen-bond acceptors (Lipinski definition) is 4. The van der Waals surface area contributed by atoms with Crippen LogP contribution in [0.1, 0.15) is 65.0 Å². The number of nitrogens with zero attached hydrogens (tertiary/aromatic N) is 2. The van der Waals surface area contributed by atoms with E-state index in [1.54, 1.807) is 0 Å². The summed E-state index contributed by atoms with van der Waals surface area (Å²) >= 11 is 0. The Balaban J connectivity index is 1.88. The lowest BCUT2D eigenvalue weighted by molar-refractivity contribution is 0.323. The molecule has 6 nitrogen and oxygen atoms in total. The van der Waals surface area contributed by atoms with Crippen LogP contribution in [-0.4, -0.2) is 44.6 Å². The molecule has 2 aromatic carbocycles. The summed E-state index contributed by atoms with van der Waals surface area (Å²) in [5.74, 6) is 0. The van der Waals surface area contributed by atoms with Crippen molar-refractivity contribution in [3.8, 4) is 0 Å². The Bertz CT molecular complexity index is 1140. The van der Waals surface area contributed by atoms with Crippen molar-refractivity contribution in [2.24, 2.45) is 0 Å². The van der Waals surface area contributed by atoms with Crippen LogP contribution in [0, 0.1) is 0 Å². The maximum Gasteiger partial charge on any atom is 0.243 e. The average molecular weight is 493 g/mol. The molecule has 0 spiro atoms. The van der Waals surface area contributed by atoms with Gasteiger partial charge in [0.25, 0.3) is 0 Å². The summed E-state index contributed by atoms with van der Waals surface area (Å²) < 4.78 is 55.6. The SMILES string of the molecule is CC[C@@H](C)N(Cc1ccc(C(C)(C)C)cc1)S(=O)(=O)c1ccc(S(=O)(=O)N2CCCC2)cc1. The second-order valence-corrected chi connectivity index (χ2v) is 13.7. The predicted molar refractivity (Wildman–Crippen MR) is 132 cm³/mol. The molecule has 0 radical (unpaired) electrons. The molecule has 0 N–H and O–H groups in total. The van der Waals surface area contributed by atoms with Crippen molar-refractivity contribution in [2.75, 3.05) is 13.1 Å². The average Bonchev–Trinajstić information content (AvgIpc) is 3.32. The predicted octanol–water partition coefficient (Wildman–Crippen LogP) is 4.76. The summed E-state index contributed by atoms with van der Waals surface area (Å²) in [6.45, 7) is 11.6. The van der Waals surface area contributed by atoms with Crippen LogP contribution in [0.2, 0.25) is 0 Å². The minimum atomic E-state index is -3.81. The van der Waals surface area contributed by atoms with Gasteiger partial charge in [0.15, 0.2) is 0 Å². The third kappa shape index (κ3) is 5.67. The van der Waals surface area contributed by atoms with Gasteiger partial charge in [0.1, 0.15) is 0 Å². The van der Waals surface area contributed by atoms with E-state index in [2.05, 4.69) is 32.9 Å². The molecule has 1 fully saturated rings. The highest BCUT2D eigenvalue weighted by Gasteiger charge is 2.31. The van der Waals surface area contributed by atoms with Crippen molar-refractivity contribution < 1.29 is 16.8 Å². The van der Waals surface area contributed by atoms with E-state index in [0.29, 0.717) is 19.5 Å². The standard InChI is InChI=1S/C25H36N2O4S2/c1-6-20(2)27(19-21-9-11-22(12-10-21)25(3,4)5)33(30,31)24-15-13-23(14-16-24)32(28,29)26-17-7-8-18-26/h9-16,20H,6-8,17-19H2,1-5H3/t20-/m1/s1. The molecule has 1 aliphatic rings. The highest BCUT2D eigenvalue weighted by molar-refractivity contribution is 7.89. The van der Waals surface area contributed by atoms with Gasteiger partial charge in [0.05, 0.1) is 9.79 Å². The van der Waals surface area contributed by atoms with E-state index in [1.165, 1.54) is 38.4 Å². The molecule has 0 amide bonds. The fraction of sp³-hybridized carbons (Fsp3) is 0.520. The molecule has 33 heavy (non-hydrogen) atoms. The minimum Gasteiger partial charge on any atom is -0.207 e. The maximum absolute atomic E-state index is 13.5. The Kier molecular flexibility index (Phi) is 7.73. The fourth-order valence-electron chi connectivity index (χ4n) is 3.97. The van der Waals surface area contributed by atoms with E-state index in [4.69, 9.17) is 0 Å². The largest absolute Gasteiger partial charge is 0.243 e. The van der Waals surface area contributed by atoms with Gasteiger partial charge >= 0.3 is 0 Å². The smallest absolute Gasteiger partial charge is 0.207 e. The molecule has 0 aliphatic carbocycles. The first-order valence-electron chi connectivity index (χ1n) is 11.6. The zero-order valence-corrected chi connectivity index (χ0v) is 21.9. The van der Waals surface area contributed by atoms with E-state index in [9.17, 15) is 16.8 Å². The van der Waals surface area contributed by atoms with Crippen molar-refractivity contribution in [3.05, 3.63) is 59.7 Å². The Hall–Kier alpha value is -1.74. The Labute approximate surface area is 199 Å². The number of rotatable bonds is 8. The fourth-order valence-corrected chi connectivity index (χ4v) is 7.18. The molecule has 1 aliphatic heterocycles. The molecular weight excluding hydrogens is 456 g/mol. The summed E-state index contributed by atoms with van der Waals surface area (Å²) in [6, 6.07) is 13.5. The summed E-state index contributed by atoms with van der Waals surface area (Å²) in [5, 5.41) is 0. The molecule has 182 valence electrons. The van der Waals surface area contributed by atoms with Gasteiger partial charge in [0.2, 0.25) is 20.0 Å². The summed E-state index contributed by atoms with van der Waals surface area (Å²) in [7, 11) is -7.39. The Morgan fingerprint density at radius 1 is 0.879 bits per heavy atom. The van der Waals surface area contributed by atoms with Crippen LogP contribution in [0.4, 0.5) is 0 Å². The molecule has 0 saturated carbocycles. The lowest BCUT2D eigenvalue weighted by Crippen LogP contribution is -2.37. The van der Waals surface area contributed by atoms with Crippen LogP contribution in [0.5, 0.6) is 0 Å². The quantitative estimate of drug-likeness (QED) is 0.533. The van der Waals surface area contributed by atoms with Gasteiger partial charge in [-0.2, -0.15) is 8.61 Å². The number of sulfonamides is 2. The lowest BCUT2D eigenvalue weighted by atomic mass is 9.87. The van der Waals surface area contributed by atoms with E-state index < -0.39 is 20.0 Å². The summed E-state index contributed by atoms with van der Waals surface area (Å²) in [6.07, 6.45) is 2.37. The molecular formula is C25H36N2O4S2. The lowest BCUT2D eigenvalue weighted by Gasteiger charge is -2.28. The Morgan fingerprint density at radius 3 is 1.88 bits per heavy atom. The van der Waals surface area contributed by atoms with Crippen LogP contribution in [0.15, 0.2) is 58.3 Å². The maximum atomic E-state index is 13.5. The third-order valence-corrected chi connectivity index (χ3v) is 10.3. The van der Waals surface area contributed by atoms with E-state index in [1.807, 2.05) is 26.0 Å². The normalized spacial score (nSPS) is 16.9. The number of hydrogen-bond donors (Lipinski definition) is 0. The first-order valence-corrected chi connectivity index (χ1v) is 14.5. The van der Waals surface area contributed by atoms with Gasteiger partial charge < -0.3 is 0 Å². The van der Waals surface area contributed by atoms with Crippen LogP contribution in [0.3, 0.4) is 0 Å².